The van der Waals surface area contributed by atoms with Gasteiger partial charge in [-0.05, 0) is 63.1 Å². The molecule has 0 aromatic heterocycles. The lowest BCUT2D eigenvalue weighted by atomic mass is 10.1. The standard InChI is InChI=1S/C22H30N2O5S/c1-14-8-9-15(2)20(12-14)24(30(7,26)27)17(4)22(25)23-16(3)19-13-18(28-5)10-11-21(19)29-6/h8-13,16-17H,1-7H3,(H,23,25)/t16-,17+/m0/s1. The van der Waals surface area contributed by atoms with E-state index in [0.29, 0.717) is 17.2 Å². The molecule has 0 saturated carbocycles. The number of nitrogens with one attached hydrogen (secondary N) is 1. The molecule has 0 saturated heterocycles. The van der Waals surface area contributed by atoms with Crippen LogP contribution in [0.4, 0.5) is 5.69 Å². The number of methoxy groups -OCH3 is 2. The highest BCUT2D eigenvalue weighted by molar-refractivity contribution is 7.92. The minimum Gasteiger partial charge on any atom is -0.497 e. The Morgan fingerprint density at radius 3 is 2.27 bits per heavy atom. The molecule has 1 N–H and O–H groups in total. The van der Waals surface area contributed by atoms with Crippen LogP contribution in [0.2, 0.25) is 0 Å². The number of nitrogens with zero attached hydrogens (tertiary/aromatic N) is 1. The molecule has 0 unspecified atom stereocenters. The summed E-state index contributed by atoms with van der Waals surface area (Å²) in [6.45, 7) is 7.09. The Kier molecular flexibility index (Phi) is 7.36. The van der Waals surface area contributed by atoms with Crippen molar-refractivity contribution < 1.29 is 22.7 Å². The van der Waals surface area contributed by atoms with Crippen molar-refractivity contribution in [2.45, 2.75) is 39.8 Å². The third-order valence-corrected chi connectivity index (χ3v) is 6.18. The fraction of sp³-hybridized carbons (Fsp3) is 0.409. The molecule has 164 valence electrons. The highest BCUT2D eigenvalue weighted by Gasteiger charge is 2.31. The van der Waals surface area contributed by atoms with Crippen molar-refractivity contribution >= 4 is 21.6 Å². The summed E-state index contributed by atoms with van der Waals surface area (Å²) in [7, 11) is -0.587. The van der Waals surface area contributed by atoms with E-state index in [-0.39, 0.29) is 0 Å². The van der Waals surface area contributed by atoms with Gasteiger partial charge in [0.25, 0.3) is 0 Å². The van der Waals surface area contributed by atoms with E-state index < -0.39 is 28.0 Å². The lowest BCUT2D eigenvalue weighted by molar-refractivity contribution is -0.122. The predicted octanol–water partition coefficient (Wildman–Crippen LogP) is 3.35. The predicted molar refractivity (Wildman–Crippen MR) is 119 cm³/mol. The molecule has 0 aliphatic heterocycles. The van der Waals surface area contributed by atoms with Gasteiger partial charge in [-0.1, -0.05) is 12.1 Å². The first-order valence-electron chi connectivity index (χ1n) is 9.58. The molecule has 30 heavy (non-hydrogen) atoms. The van der Waals surface area contributed by atoms with Crippen LogP contribution in [-0.2, 0) is 14.8 Å². The third-order valence-electron chi connectivity index (χ3n) is 4.95. The Bertz CT molecular complexity index is 1020. The maximum atomic E-state index is 13.0. The minimum absolute atomic E-state index is 0.418. The largest absolute Gasteiger partial charge is 0.497 e. The number of hydrogen-bond acceptors (Lipinski definition) is 5. The molecule has 0 heterocycles. The zero-order valence-electron chi connectivity index (χ0n) is 18.5. The number of aryl methyl sites for hydroxylation is 2. The van der Waals surface area contributed by atoms with Crippen molar-refractivity contribution in [2.75, 3.05) is 24.8 Å². The Balaban J connectivity index is 2.35. The van der Waals surface area contributed by atoms with Gasteiger partial charge < -0.3 is 14.8 Å². The van der Waals surface area contributed by atoms with Gasteiger partial charge in [-0.2, -0.15) is 0 Å². The average molecular weight is 435 g/mol. The number of sulfonamides is 1. The zero-order valence-corrected chi connectivity index (χ0v) is 19.3. The number of rotatable bonds is 8. The van der Waals surface area contributed by atoms with Gasteiger partial charge >= 0.3 is 0 Å². The lowest BCUT2D eigenvalue weighted by Crippen LogP contribution is -2.48. The minimum atomic E-state index is -3.70. The number of anilines is 1. The lowest BCUT2D eigenvalue weighted by Gasteiger charge is -2.31. The molecular weight excluding hydrogens is 404 g/mol. The number of amides is 1. The van der Waals surface area contributed by atoms with Crippen LogP contribution in [0.15, 0.2) is 36.4 Å². The maximum Gasteiger partial charge on any atom is 0.244 e. The van der Waals surface area contributed by atoms with E-state index in [0.717, 1.165) is 22.9 Å². The van der Waals surface area contributed by atoms with Crippen molar-refractivity contribution in [1.82, 2.24) is 5.32 Å². The van der Waals surface area contributed by atoms with Gasteiger partial charge in [0.05, 0.1) is 32.2 Å². The van der Waals surface area contributed by atoms with E-state index in [1.807, 2.05) is 32.9 Å². The molecule has 0 aliphatic rings. The molecule has 7 nitrogen and oxygen atoms in total. The van der Waals surface area contributed by atoms with E-state index in [1.54, 1.807) is 45.4 Å². The van der Waals surface area contributed by atoms with Crippen LogP contribution in [0.3, 0.4) is 0 Å². The summed E-state index contributed by atoms with van der Waals surface area (Å²) in [5.74, 6) is 0.817. The molecule has 2 atom stereocenters. The van der Waals surface area contributed by atoms with Crippen LogP contribution >= 0.6 is 0 Å². The summed E-state index contributed by atoms with van der Waals surface area (Å²) in [4.78, 5) is 13.0. The van der Waals surface area contributed by atoms with Crippen LogP contribution in [0.25, 0.3) is 0 Å². The van der Waals surface area contributed by atoms with Crippen LogP contribution < -0.4 is 19.1 Å². The highest BCUT2D eigenvalue weighted by atomic mass is 32.2. The van der Waals surface area contributed by atoms with Gasteiger partial charge in [-0.25, -0.2) is 8.42 Å². The quantitative estimate of drug-likeness (QED) is 0.689. The smallest absolute Gasteiger partial charge is 0.244 e. The summed E-state index contributed by atoms with van der Waals surface area (Å²) < 4.78 is 37.0. The first-order chi connectivity index (χ1) is 14.0. The SMILES string of the molecule is COc1ccc(OC)c([C@H](C)NC(=O)[C@@H](C)N(c2cc(C)ccc2C)S(C)(=O)=O)c1. The molecule has 1 amide bonds. The first-order valence-corrected chi connectivity index (χ1v) is 11.4. The molecule has 0 fully saturated rings. The Morgan fingerprint density at radius 1 is 1.03 bits per heavy atom. The summed E-state index contributed by atoms with van der Waals surface area (Å²) >= 11 is 0. The summed E-state index contributed by atoms with van der Waals surface area (Å²) in [6, 6.07) is 9.47. The topological polar surface area (TPSA) is 84.9 Å². The van der Waals surface area contributed by atoms with Crippen LogP contribution in [0.5, 0.6) is 11.5 Å². The van der Waals surface area contributed by atoms with Crippen molar-refractivity contribution in [3.8, 4) is 11.5 Å². The molecule has 2 aromatic carbocycles. The Labute approximate surface area is 179 Å². The third kappa shape index (κ3) is 5.24. The molecule has 2 aromatic rings. The van der Waals surface area contributed by atoms with Crippen LogP contribution in [0.1, 0.15) is 36.6 Å². The summed E-state index contributed by atoms with van der Waals surface area (Å²) in [5.41, 5.74) is 2.90. The van der Waals surface area contributed by atoms with Crippen molar-refractivity contribution in [2.24, 2.45) is 0 Å². The molecule has 0 bridgehead atoms. The number of ether oxygens (including phenoxy) is 2. The average Bonchev–Trinajstić information content (AvgIpc) is 2.68. The van der Waals surface area contributed by atoms with Gasteiger partial charge in [-0.15, -0.1) is 0 Å². The molecule has 0 spiro atoms. The van der Waals surface area contributed by atoms with Crippen LogP contribution in [0, 0.1) is 13.8 Å². The van der Waals surface area contributed by atoms with Crippen molar-refractivity contribution in [1.29, 1.82) is 0 Å². The van der Waals surface area contributed by atoms with E-state index >= 15 is 0 Å². The first kappa shape index (κ1) is 23.5. The van der Waals surface area contributed by atoms with Gasteiger partial charge in [0.2, 0.25) is 15.9 Å². The van der Waals surface area contributed by atoms with Gasteiger partial charge in [0.1, 0.15) is 17.5 Å². The molecule has 0 aliphatic carbocycles. The van der Waals surface area contributed by atoms with Crippen molar-refractivity contribution in [3.05, 3.63) is 53.1 Å². The summed E-state index contributed by atoms with van der Waals surface area (Å²) in [6.07, 6.45) is 1.10. The number of hydrogen-bond donors (Lipinski definition) is 1. The number of benzene rings is 2. The molecule has 0 radical (unpaired) electrons. The number of carbonyl (C=O) groups is 1. The fourth-order valence-corrected chi connectivity index (χ4v) is 4.55. The second-order valence-corrected chi connectivity index (χ2v) is 9.22. The highest BCUT2D eigenvalue weighted by Crippen LogP contribution is 2.30. The van der Waals surface area contributed by atoms with E-state index in [1.165, 1.54) is 4.31 Å². The van der Waals surface area contributed by atoms with Gasteiger partial charge in [0.15, 0.2) is 0 Å². The maximum absolute atomic E-state index is 13.0. The molecule has 2 rings (SSSR count). The molecular formula is C22H30N2O5S. The second-order valence-electron chi connectivity index (χ2n) is 7.36. The van der Waals surface area contributed by atoms with Crippen LogP contribution in [-0.4, -0.2) is 40.8 Å². The zero-order chi connectivity index (χ0) is 22.6. The van der Waals surface area contributed by atoms with Gasteiger partial charge in [0, 0.05) is 5.56 Å². The molecule has 8 heteroatoms. The number of carbonyl (C=O) groups excluding carboxylic acids is 1. The monoisotopic (exact) mass is 434 g/mol. The summed E-state index contributed by atoms with van der Waals surface area (Å²) in [5, 5.41) is 2.90. The Morgan fingerprint density at radius 2 is 1.70 bits per heavy atom. The second kappa shape index (κ2) is 9.38. The Hall–Kier alpha value is -2.74. The van der Waals surface area contributed by atoms with E-state index in [4.69, 9.17) is 9.47 Å². The van der Waals surface area contributed by atoms with Crippen molar-refractivity contribution in [3.63, 3.8) is 0 Å². The van der Waals surface area contributed by atoms with E-state index in [2.05, 4.69) is 5.32 Å². The normalized spacial score (nSPS) is 13.3. The fourth-order valence-electron chi connectivity index (χ4n) is 3.33. The van der Waals surface area contributed by atoms with E-state index in [9.17, 15) is 13.2 Å². The van der Waals surface area contributed by atoms with Gasteiger partial charge in [-0.3, -0.25) is 9.10 Å².